The van der Waals surface area contributed by atoms with E-state index in [0.29, 0.717) is 0 Å². The molecule has 6 nitrogen and oxygen atoms in total. The number of nitrogens with one attached hydrogen (secondary N) is 2. The Morgan fingerprint density at radius 2 is 2.27 bits per heavy atom. The van der Waals surface area contributed by atoms with Crippen LogP contribution >= 0.6 is 0 Å². The second kappa shape index (κ2) is 8.43. The van der Waals surface area contributed by atoms with Crippen molar-refractivity contribution in [2.75, 3.05) is 33.3 Å². The van der Waals surface area contributed by atoms with Crippen LogP contribution in [0, 0.1) is 5.92 Å². The molecule has 1 amide bonds. The first-order valence-corrected chi connectivity index (χ1v) is 9.57. The average molecular weight is 358 g/mol. The third-order valence-corrected chi connectivity index (χ3v) is 5.02. The van der Waals surface area contributed by atoms with Gasteiger partial charge in [0.2, 0.25) is 5.91 Å². The number of guanidine groups is 1. The van der Waals surface area contributed by atoms with Crippen LogP contribution in [0.4, 0.5) is 0 Å². The Morgan fingerprint density at radius 3 is 3.04 bits per heavy atom. The molecule has 2 aliphatic rings. The van der Waals surface area contributed by atoms with E-state index in [1.807, 2.05) is 18.7 Å². The van der Waals surface area contributed by atoms with Gasteiger partial charge in [0.05, 0.1) is 6.61 Å². The zero-order chi connectivity index (χ0) is 18.5. The first-order valence-electron chi connectivity index (χ1n) is 9.57. The number of fused-ring (bicyclic) bond motifs is 1. The number of nitrogens with zero attached hydrogens (tertiary/aromatic N) is 2. The van der Waals surface area contributed by atoms with E-state index in [1.165, 1.54) is 11.1 Å². The molecular formula is C20H30N4O2. The van der Waals surface area contributed by atoms with Gasteiger partial charge in [0.15, 0.2) is 5.96 Å². The molecule has 142 valence electrons. The first-order chi connectivity index (χ1) is 12.6. The molecule has 1 saturated heterocycles. The van der Waals surface area contributed by atoms with Crippen LogP contribution in [0.1, 0.15) is 31.4 Å². The molecule has 1 aromatic rings. The van der Waals surface area contributed by atoms with Gasteiger partial charge in [-0.1, -0.05) is 26.0 Å². The summed E-state index contributed by atoms with van der Waals surface area (Å²) < 4.78 is 5.56. The van der Waals surface area contributed by atoms with E-state index in [0.717, 1.165) is 57.2 Å². The Hall–Kier alpha value is -2.24. The van der Waals surface area contributed by atoms with E-state index in [2.05, 4.69) is 33.8 Å². The van der Waals surface area contributed by atoms with Crippen molar-refractivity contribution in [3.8, 4) is 5.75 Å². The van der Waals surface area contributed by atoms with Gasteiger partial charge in [-0.3, -0.25) is 9.79 Å². The van der Waals surface area contributed by atoms with Crippen LogP contribution in [0.3, 0.4) is 0 Å². The molecule has 6 heteroatoms. The third kappa shape index (κ3) is 4.48. The molecule has 1 atom stereocenters. The molecule has 2 heterocycles. The maximum absolute atomic E-state index is 12.1. The SMILES string of the molecule is CN=C(NCCc1ccc2c(c1)CCO2)NC1CCN(C(=O)C(C)C)C1. The molecule has 0 bridgehead atoms. The van der Waals surface area contributed by atoms with Gasteiger partial charge in [-0.05, 0) is 30.0 Å². The lowest BCUT2D eigenvalue weighted by atomic mass is 10.1. The van der Waals surface area contributed by atoms with Gasteiger partial charge in [0, 0.05) is 45.1 Å². The van der Waals surface area contributed by atoms with Crippen LogP contribution in [0.25, 0.3) is 0 Å². The maximum atomic E-state index is 12.1. The Morgan fingerprint density at radius 1 is 1.42 bits per heavy atom. The number of carbonyl (C=O) groups excluding carboxylic acids is 1. The average Bonchev–Trinajstić information content (AvgIpc) is 3.28. The Bertz CT molecular complexity index is 672. The molecule has 2 aliphatic heterocycles. The van der Waals surface area contributed by atoms with Crippen molar-refractivity contribution in [3.63, 3.8) is 0 Å². The molecular weight excluding hydrogens is 328 g/mol. The molecule has 0 spiro atoms. The van der Waals surface area contributed by atoms with Crippen molar-refractivity contribution in [1.29, 1.82) is 0 Å². The predicted molar refractivity (Wildman–Crippen MR) is 104 cm³/mol. The number of hydrogen-bond acceptors (Lipinski definition) is 3. The normalized spacial score (nSPS) is 19.5. The quantitative estimate of drug-likeness (QED) is 0.620. The summed E-state index contributed by atoms with van der Waals surface area (Å²) in [6, 6.07) is 6.71. The summed E-state index contributed by atoms with van der Waals surface area (Å²) in [7, 11) is 1.79. The summed E-state index contributed by atoms with van der Waals surface area (Å²) in [5, 5.41) is 6.83. The predicted octanol–water partition coefficient (Wildman–Crippen LogP) is 1.59. The van der Waals surface area contributed by atoms with Crippen molar-refractivity contribution in [2.45, 2.75) is 39.2 Å². The van der Waals surface area contributed by atoms with Gasteiger partial charge < -0.3 is 20.3 Å². The smallest absolute Gasteiger partial charge is 0.225 e. The minimum Gasteiger partial charge on any atom is -0.493 e. The van der Waals surface area contributed by atoms with E-state index >= 15 is 0 Å². The fraction of sp³-hybridized carbons (Fsp3) is 0.600. The van der Waals surface area contributed by atoms with Crippen LogP contribution in [-0.4, -0.2) is 56.1 Å². The van der Waals surface area contributed by atoms with Crippen molar-refractivity contribution < 1.29 is 9.53 Å². The van der Waals surface area contributed by atoms with Gasteiger partial charge in [-0.25, -0.2) is 0 Å². The van der Waals surface area contributed by atoms with Crippen molar-refractivity contribution in [2.24, 2.45) is 10.9 Å². The van der Waals surface area contributed by atoms with Gasteiger partial charge >= 0.3 is 0 Å². The highest BCUT2D eigenvalue weighted by molar-refractivity contribution is 5.81. The lowest BCUT2D eigenvalue weighted by molar-refractivity contribution is -0.133. The summed E-state index contributed by atoms with van der Waals surface area (Å²) in [5.41, 5.74) is 2.62. The lowest BCUT2D eigenvalue weighted by Gasteiger charge is -2.20. The highest BCUT2D eigenvalue weighted by Crippen LogP contribution is 2.25. The molecule has 3 rings (SSSR count). The number of hydrogen-bond donors (Lipinski definition) is 2. The van der Waals surface area contributed by atoms with Gasteiger partial charge in [0.1, 0.15) is 5.75 Å². The highest BCUT2D eigenvalue weighted by Gasteiger charge is 2.27. The minimum atomic E-state index is 0.0592. The summed E-state index contributed by atoms with van der Waals surface area (Å²) >= 11 is 0. The molecule has 1 aromatic carbocycles. The fourth-order valence-corrected chi connectivity index (χ4v) is 3.55. The maximum Gasteiger partial charge on any atom is 0.225 e. The second-order valence-electron chi connectivity index (χ2n) is 7.36. The zero-order valence-corrected chi connectivity index (χ0v) is 16.0. The van der Waals surface area contributed by atoms with Gasteiger partial charge in [0.25, 0.3) is 0 Å². The largest absolute Gasteiger partial charge is 0.493 e. The van der Waals surface area contributed by atoms with E-state index < -0.39 is 0 Å². The third-order valence-electron chi connectivity index (χ3n) is 5.02. The van der Waals surface area contributed by atoms with E-state index in [-0.39, 0.29) is 17.9 Å². The van der Waals surface area contributed by atoms with Gasteiger partial charge in [-0.2, -0.15) is 0 Å². The standard InChI is InChI=1S/C20H30N4O2/c1-14(2)19(25)24-10-7-17(13-24)23-20(21-3)22-9-6-15-4-5-18-16(12-15)8-11-26-18/h4-5,12,14,17H,6-11,13H2,1-3H3,(H2,21,22,23). The molecule has 1 unspecified atom stereocenters. The van der Waals surface area contributed by atoms with Crippen LogP contribution in [0.2, 0.25) is 0 Å². The second-order valence-corrected chi connectivity index (χ2v) is 7.36. The number of ether oxygens (including phenoxy) is 1. The van der Waals surface area contributed by atoms with Crippen LogP contribution in [0.15, 0.2) is 23.2 Å². The number of likely N-dealkylation sites (tertiary alicyclic amines) is 1. The molecule has 0 aliphatic carbocycles. The van der Waals surface area contributed by atoms with Crippen LogP contribution < -0.4 is 15.4 Å². The van der Waals surface area contributed by atoms with E-state index in [1.54, 1.807) is 7.05 Å². The molecule has 26 heavy (non-hydrogen) atoms. The summed E-state index contributed by atoms with van der Waals surface area (Å²) in [5.74, 6) is 2.13. The molecule has 1 fully saturated rings. The topological polar surface area (TPSA) is 66.0 Å². The molecule has 0 aromatic heterocycles. The summed E-state index contributed by atoms with van der Waals surface area (Å²) in [6.07, 6.45) is 2.91. The first kappa shape index (κ1) is 18.5. The Balaban J connectivity index is 1.43. The van der Waals surface area contributed by atoms with E-state index in [4.69, 9.17) is 4.74 Å². The van der Waals surface area contributed by atoms with Crippen molar-refractivity contribution >= 4 is 11.9 Å². The van der Waals surface area contributed by atoms with E-state index in [9.17, 15) is 4.79 Å². The number of carbonyl (C=O) groups is 1. The van der Waals surface area contributed by atoms with Crippen molar-refractivity contribution in [3.05, 3.63) is 29.3 Å². The van der Waals surface area contributed by atoms with Gasteiger partial charge in [-0.15, -0.1) is 0 Å². The molecule has 0 saturated carbocycles. The number of amides is 1. The fourth-order valence-electron chi connectivity index (χ4n) is 3.55. The monoisotopic (exact) mass is 358 g/mol. The Labute approximate surface area is 156 Å². The number of rotatable bonds is 5. The highest BCUT2D eigenvalue weighted by atomic mass is 16.5. The molecule has 2 N–H and O–H groups in total. The zero-order valence-electron chi connectivity index (χ0n) is 16.0. The van der Waals surface area contributed by atoms with Crippen LogP contribution in [-0.2, 0) is 17.6 Å². The lowest BCUT2D eigenvalue weighted by Crippen LogP contribution is -2.45. The number of benzene rings is 1. The van der Waals surface area contributed by atoms with Crippen molar-refractivity contribution in [1.82, 2.24) is 15.5 Å². The Kier molecular flexibility index (Phi) is 6.01. The summed E-state index contributed by atoms with van der Waals surface area (Å²) in [6.45, 7) is 7.10. The van der Waals surface area contributed by atoms with Crippen LogP contribution in [0.5, 0.6) is 5.75 Å². The minimum absolute atomic E-state index is 0.0592. The summed E-state index contributed by atoms with van der Waals surface area (Å²) in [4.78, 5) is 18.4. The number of aliphatic imine (C=N–C) groups is 1. The molecule has 0 radical (unpaired) electrons.